The van der Waals surface area contributed by atoms with E-state index in [1.54, 1.807) is 36.4 Å². The number of hydrogen-bond acceptors (Lipinski definition) is 4. The van der Waals surface area contributed by atoms with E-state index >= 15 is 0 Å². The molecule has 31 heavy (non-hydrogen) atoms. The highest BCUT2D eigenvalue weighted by molar-refractivity contribution is 6.04. The summed E-state index contributed by atoms with van der Waals surface area (Å²) in [4.78, 5) is 28.4. The molecule has 3 rings (SSSR count). The number of pyridine rings is 1. The van der Waals surface area contributed by atoms with Crippen molar-refractivity contribution in [1.29, 1.82) is 0 Å². The molecule has 6 nitrogen and oxygen atoms in total. The van der Waals surface area contributed by atoms with Gasteiger partial charge in [0.1, 0.15) is 5.75 Å². The molecule has 0 spiro atoms. The molecule has 3 aromatic rings. The normalized spacial score (nSPS) is 10.9. The van der Waals surface area contributed by atoms with Crippen molar-refractivity contribution in [2.24, 2.45) is 0 Å². The molecular formula is C22H18F3N3O3. The number of ether oxygens (including phenoxy) is 1. The summed E-state index contributed by atoms with van der Waals surface area (Å²) in [5.41, 5.74) is 2.07. The largest absolute Gasteiger partial charge is 0.484 e. The summed E-state index contributed by atoms with van der Waals surface area (Å²) in [6.45, 7) is -1.20. The Morgan fingerprint density at radius 1 is 0.903 bits per heavy atom. The minimum Gasteiger partial charge on any atom is -0.484 e. The smallest absolute Gasteiger partial charge is 0.422 e. The molecule has 0 aliphatic heterocycles. The van der Waals surface area contributed by atoms with Crippen LogP contribution in [0.3, 0.4) is 0 Å². The van der Waals surface area contributed by atoms with Crippen LogP contribution < -0.4 is 15.4 Å². The Balaban J connectivity index is 1.54. The minimum atomic E-state index is -4.43. The first kappa shape index (κ1) is 21.8. The van der Waals surface area contributed by atoms with Gasteiger partial charge in [-0.05, 0) is 54.1 Å². The maximum absolute atomic E-state index is 12.3. The zero-order valence-corrected chi connectivity index (χ0v) is 16.1. The molecule has 2 aromatic carbocycles. The molecule has 0 radical (unpaired) electrons. The van der Waals surface area contributed by atoms with Gasteiger partial charge in [-0.2, -0.15) is 13.2 Å². The van der Waals surface area contributed by atoms with Crippen LogP contribution in [0, 0.1) is 0 Å². The number of carbonyl (C=O) groups excluding carboxylic acids is 2. The monoisotopic (exact) mass is 429 g/mol. The van der Waals surface area contributed by atoms with Crippen LogP contribution in [-0.4, -0.2) is 29.6 Å². The van der Waals surface area contributed by atoms with E-state index in [1.807, 2.05) is 0 Å². The first-order chi connectivity index (χ1) is 14.8. The average molecular weight is 429 g/mol. The van der Waals surface area contributed by atoms with Gasteiger partial charge in [-0.15, -0.1) is 0 Å². The number of anilines is 1. The fraction of sp³-hybridized carbons (Fsp3) is 0.136. The van der Waals surface area contributed by atoms with Gasteiger partial charge in [0.2, 0.25) is 0 Å². The second-order valence-corrected chi connectivity index (χ2v) is 6.50. The van der Waals surface area contributed by atoms with E-state index in [0.717, 1.165) is 5.56 Å². The maximum Gasteiger partial charge on any atom is 0.422 e. The summed E-state index contributed by atoms with van der Waals surface area (Å²) in [6.07, 6.45) is -1.38. The summed E-state index contributed by atoms with van der Waals surface area (Å²) in [5.74, 6) is -0.656. The van der Waals surface area contributed by atoms with E-state index in [-0.39, 0.29) is 23.8 Å². The first-order valence-electron chi connectivity index (χ1n) is 9.18. The number of carbonyl (C=O) groups is 2. The number of nitrogens with zero attached hydrogens (tertiary/aromatic N) is 1. The van der Waals surface area contributed by atoms with Crippen LogP contribution in [0.4, 0.5) is 18.9 Å². The van der Waals surface area contributed by atoms with Crippen molar-refractivity contribution in [3.05, 3.63) is 89.7 Å². The molecule has 160 valence electrons. The molecule has 1 heterocycles. The van der Waals surface area contributed by atoms with Gasteiger partial charge >= 0.3 is 6.18 Å². The number of amides is 2. The second kappa shape index (κ2) is 9.75. The van der Waals surface area contributed by atoms with E-state index in [4.69, 9.17) is 0 Å². The Bertz CT molecular complexity index is 1040. The molecule has 0 fully saturated rings. The quantitative estimate of drug-likeness (QED) is 0.590. The lowest BCUT2D eigenvalue weighted by molar-refractivity contribution is -0.153. The number of aromatic nitrogens is 1. The number of rotatable bonds is 7. The standard InChI is InChI=1S/C22H18F3N3O3/c23-22(24,25)14-31-19-6-4-16(5-7-19)20(29)27-13-15-2-1-3-18(12-15)28-21(30)17-8-10-26-11-9-17/h1-12H,13-14H2,(H,27,29)(H,28,30). The van der Waals surface area contributed by atoms with E-state index in [0.29, 0.717) is 11.3 Å². The molecular weight excluding hydrogens is 411 g/mol. The van der Waals surface area contributed by atoms with E-state index < -0.39 is 18.7 Å². The van der Waals surface area contributed by atoms with Gasteiger partial charge in [-0.1, -0.05) is 12.1 Å². The van der Waals surface area contributed by atoms with Crippen LogP contribution in [0.2, 0.25) is 0 Å². The summed E-state index contributed by atoms with van der Waals surface area (Å²) < 4.78 is 41.2. The topological polar surface area (TPSA) is 80.3 Å². The lowest BCUT2D eigenvalue weighted by atomic mass is 10.1. The van der Waals surface area contributed by atoms with Crippen molar-refractivity contribution in [3.8, 4) is 5.75 Å². The van der Waals surface area contributed by atoms with Gasteiger partial charge in [0, 0.05) is 35.8 Å². The van der Waals surface area contributed by atoms with Crippen molar-refractivity contribution in [2.45, 2.75) is 12.7 Å². The van der Waals surface area contributed by atoms with Crippen molar-refractivity contribution in [3.63, 3.8) is 0 Å². The highest BCUT2D eigenvalue weighted by Crippen LogP contribution is 2.19. The van der Waals surface area contributed by atoms with E-state index in [1.165, 1.54) is 36.7 Å². The molecule has 0 saturated heterocycles. The lowest BCUT2D eigenvalue weighted by Gasteiger charge is -2.10. The third-order valence-electron chi connectivity index (χ3n) is 4.10. The van der Waals surface area contributed by atoms with Crippen LogP contribution in [0.1, 0.15) is 26.3 Å². The molecule has 0 aliphatic carbocycles. The van der Waals surface area contributed by atoms with Gasteiger partial charge in [0.05, 0.1) is 0 Å². The molecule has 0 aliphatic rings. The predicted molar refractivity (Wildman–Crippen MR) is 108 cm³/mol. The van der Waals surface area contributed by atoms with E-state index in [2.05, 4.69) is 20.4 Å². The Morgan fingerprint density at radius 2 is 1.58 bits per heavy atom. The number of alkyl halides is 3. The lowest BCUT2D eigenvalue weighted by Crippen LogP contribution is -2.23. The summed E-state index contributed by atoms with van der Waals surface area (Å²) in [6, 6.07) is 15.5. The molecule has 1 aromatic heterocycles. The second-order valence-electron chi connectivity index (χ2n) is 6.50. The minimum absolute atomic E-state index is 0.0199. The highest BCUT2D eigenvalue weighted by atomic mass is 19.4. The van der Waals surface area contributed by atoms with Crippen LogP contribution in [-0.2, 0) is 6.54 Å². The number of halogens is 3. The third-order valence-corrected chi connectivity index (χ3v) is 4.10. The fourth-order valence-electron chi connectivity index (χ4n) is 2.62. The van der Waals surface area contributed by atoms with Crippen LogP contribution >= 0.6 is 0 Å². The van der Waals surface area contributed by atoms with Crippen LogP contribution in [0.25, 0.3) is 0 Å². The SMILES string of the molecule is O=C(NCc1cccc(NC(=O)c2ccncc2)c1)c1ccc(OCC(F)(F)F)cc1. The molecule has 2 amide bonds. The maximum atomic E-state index is 12.3. The zero-order chi connectivity index (χ0) is 22.3. The predicted octanol–water partition coefficient (Wildman–Crippen LogP) is 4.21. The van der Waals surface area contributed by atoms with Gasteiger partial charge < -0.3 is 15.4 Å². The molecule has 0 unspecified atom stereocenters. The van der Waals surface area contributed by atoms with Crippen LogP contribution in [0.15, 0.2) is 73.1 Å². The summed E-state index contributed by atoms with van der Waals surface area (Å²) in [7, 11) is 0. The van der Waals surface area contributed by atoms with Crippen molar-refractivity contribution in [1.82, 2.24) is 10.3 Å². The number of benzene rings is 2. The first-order valence-corrected chi connectivity index (χ1v) is 9.18. The van der Waals surface area contributed by atoms with Gasteiger partial charge in [-0.25, -0.2) is 0 Å². The fourth-order valence-corrected chi connectivity index (χ4v) is 2.62. The average Bonchev–Trinajstić information content (AvgIpc) is 2.77. The summed E-state index contributed by atoms with van der Waals surface area (Å²) >= 11 is 0. The van der Waals surface area contributed by atoms with Gasteiger partial charge in [0.15, 0.2) is 6.61 Å². The Hall–Kier alpha value is -3.88. The van der Waals surface area contributed by atoms with Gasteiger partial charge in [0.25, 0.3) is 11.8 Å². The Labute approximate surface area is 176 Å². The van der Waals surface area contributed by atoms with Crippen molar-refractivity contribution in [2.75, 3.05) is 11.9 Å². The molecule has 9 heteroatoms. The Kier molecular flexibility index (Phi) is 6.86. The van der Waals surface area contributed by atoms with Crippen molar-refractivity contribution >= 4 is 17.5 Å². The number of hydrogen-bond donors (Lipinski definition) is 2. The Morgan fingerprint density at radius 3 is 2.26 bits per heavy atom. The van der Waals surface area contributed by atoms with Crippen molar-refractivity contribution < 1.29 is 27.5 Å². The highest BCUT2D eigenvalue weighted by Gasteiger charge is 2.28. The summed E-state index contributed by atoms with van der Waals surface area (Å²) in [5, 5.41) is 5.50. The zero-order valence-electron chi connectivity index (χ0n) is 16.1. The third kappa shape index (κ3) is 6.84. The molecule has 0 saturated carbocycles. The van der Waals surface area contributed by atoms with E-state index in [9.17, 15) is 22.8 Å². The van der Waals surface area contributed by atoms with Gasteiger partial charge in [-0.3, -0.25) is 14.6 Å². The molecule has 0 bridgehead atoms. The van der Waals surface area contributed by atoms with Crippen LogP contribution in [0.5, 0.6) is 5.75 Å². The number of nitrogens with one attached hydrogen (secondary N) is 2. The molecule has 0 atom stereocenters. The molecule has 2 N–H and O–H groups in total.